The van der Waals surface area contributed by atoms with Crippen molar-refractivity contribution in [3.05, 3.63) is 34.9 Å². The number of hydrogen-bond donors (Lipinski definition) is 2. The van der Waals surface area contributed by atoms with E-state index in [2.05, 4.69) is 0 Å². The zero-order chi connectivity index (χ0) is 10.8. The lowest BCUT2D eigenvalue weighted by molar-refractivity contribution is 0.132. The first kappa shape index (κ1) is 14.7. The summed E-state index contributed by atoms with van der Waals surface area (Å²) in [6.07, 6.45) is 0. The highest BCUT2D eigenvalue weighted by Crippen LogP contribution is 2.30. The van der Waals surface area contributed by atoms with Crippen molar-refractivity contribution in [1.82, 2.24) is 0 Å². The molecule has 0 fully saturated rings. The molecule has 0 aromatic heterocycles. The van der Waals surface area contributed by atoms with Gasteiger partial charge in [0.2, 0.25) is 0 Å². The smallest absolute Gasteiger partial charge is 0.0500 e. The molecule has 0 heterocycles. The highest BCUT2D eigenvalue weighted by atomic mass is 35.5. The molecule has 0 unspecified atom stereocenters. The van der Waals surface area contributed by atoms with E-state index >= 15 is 0 Å². The van der Waals surface area contributed by atoms with Crippen LogP contribution in [-0.4, -0.2) is 11.7 Å². The largest absolute Gasteiger partial charge is 0.396 e. The van der Waals surface area contributed by atoms with Crippen LogP contribution in [0.25, 0.3) is 0 Å². The van der Waals surface area contributed by atoms with Gasteiger partial charge in [-0.25, -0.2) is 0 Å². The molecule has 0 aliphatic heterocycles. The Bertz CT molecular complexity index is 298. The average Bonchev–Trinajstić information content (AvgIpc) is 2.18. The Balaban J connectivity index is 0.00000196. The molecule has 0 saturated carbocycles. The summed E-state index contributed by atoms with van der Waals surface area (Å²) in [5.74, 6) is 0. The second-order valence-electron chi connectivity index (χ2n) is 4.18. The predicted molar refractivity (Wildman–Crippen MR) is 66.5 cm³/mol. The Morgan fingerprint density at radius 3 is 2.20 bits per heavy atom. The van der Waals surface area contributed by atoms with Crippen molar-refractivity contribution < 1.29 is 5.11 Å². The Morgan fingerprint density at radius 1 is 1.33 bits per heavy atom. The lowest BCUT2D eigenvalue weighted by Gasteiger charge is -2.29. The zero-order valence-electron chi connectivity index (χ0n) is 8.90. The van der Waals surface area contributed by atoms with Gasteiger partial charge in [0.15, 0.2) is 0 Å². The first-order valence-corrected chi connectivity index (χ1v) is 4.97. The van der Waals surface area contributed by atoms with Crippen LogP contribution in [0.2, 0.25) is 5.02 Å². The highest BCUT2D eigenvalue weighted by Gasteiger charge is 2.26. The second kappa shape index (κ2) is 5.71. The molecule has 1 aromatic carbocycles. The average molecular weight is 250 g/mol. The fourth-order valence-electron chi connectivity index (χ4n) is 1.22. The van der Waals surface area contributed by atoms with Crippen molar-refractivity contribution in [3.63, 3.8) is 0 Å². The van der Waals surface area contributed by atoms with Gasteiger partial charge in [-0.2, -0.15) is 0 Å². The summed E-state index contributed by atoms with van der Waals surface area (Å²) in [5.41, 5.74) is 6.71. The molecule has 0 saturated heterocycles. The first-order chi connectivity index (χ1) is 6.47. The monoisotopic (exact) mass is 249 g/mol. The highest BCUT2D eigenvalue weighted by molar-refractivity contribution is 6.30. The van der Waals surface area contributed by atoms with Crippen molar-refractivity contribution in [1.29, 1.82) is 0 Å². The molecule has 1 atom stereocenters. The molecule has 2 nitrogen and oxygen atoms in total. The van der Waals surface area contributed by atoms with Crippen LogP contribution in [0.1, 0.15) is 25.5 Å². The Hall–Kier alpha value is -0.280. The quantitative estimate of drug-likeness (QED) is 0.866. The van der Waals surface area contributed by atoms with Crippen LogP contribution in [0, 0.1) is 5.41 Å². The number of rotatable bonds is 3. The summed E-state index contributed by atoms with van der Waals surface area (Å²) in [7, 11) is 0. The summed E-state index contributed by atoms with van der Waals surface area (Å²) < 4.78 is 0. The van der Waals surface area contributed by atoms with Crippen LogP contribution in [0.4, 0.5) is 0 Å². The molecular weight excluding hydrogens is 233 g/mol. The fraction of sp³-hybridized carbons (Fsp3) is 0.455. The van der Waals surface area contributed by atoms with E-state index in [4.69, 9.17) is 17.3 Å². The number of aliphatic hydroxyl groups is 1. The molecule has 0 radical (unpaired) electrons. The van der Waals surface area contributed by atoms with Crippen LogP contribution >= 0.6 is 24.0 Å². The van der Waals surface area contributed by atoms with Gasteiger partial charge in [0.05, 0.1) is 0 Å². The van der Waals surface area contributed by atoms with Gasteiger partial charge < -0.3 is 10.8 Å². The molecule has 15 heavy (non-hydrogen) atoms. The number of halogens is 2. The normalized spacial score (nSPS) is 13.1. The molecule has 4 heteroatoms. The summed E-state index contributed by atoms with van der Waals surface area (Å²) in [6.45, 7) is 3.94. The Kier molecular flexibility index (Phi) is 5.60. The number of benzene rings is 1. The predicted octanol–water partition coefficient (Wildman–Crippen LogP) is 2.78. The number of hydrogen-bond acceptors (Lipinski definition) is 2. The van der Waals surface area contributed by atoms with Crippen LogP contribution in [0.15, 0.2) is 24.3 Å². The van der Waals surface area contributed by atoms with Gasteiger partial charge in [0.25, 0.3) is 0 Å². The van der Waals surface area contributed by atoms with Crippen LogP contribution in [0.5, 0.6) is 0 Å². The number of nitrogens with two attached hydrogens (primary N) is 1. The van der Waals surface area contributed by atoms with Gasteiger partial charge in [0, 0.05) is 23.1 Å². The summed E-state index contributed by atoms with van der Waals surface area (Å²) >= 11 is 5.77. The molecule has 0 amide bonds. The molecule has 1 aromatic rings. The topological polar surface area (TPSA) is 46.2 Å². The van der Waals surface area contributed by atoms with Gasteiger partial charge >= 0.3 is 0 Å². The van der Waals surface area contributed by atoms with Crippen molar-refractivity contribution in [3.8, 4) is 0 Å². The van der Waals surface area contributed by atoms with E-state index < -0.39 is 0 Å². The van der Waals surface area contributed by atoms with E-state index in [0.29, 0.717) is 5.02 Å². The van der Waals surface area contributed by atoms with E-state index in [9.17, 15) is 5.11 Å². The van der Waals surface area contributed by atoms with Crippen LogP contribution in [-0.2, 0) is 0 Å². The van der Waals surface area contributed by atoms with Gasteiger partial charge in [-0.3, -0.25) is 0 Å². The van der Waals surface area contributed by atoms with E-state index in [0.717, 1.165) is 5.56 Å². The van der Waals surface area contributed by atoms with Crippen molar-refractivity contribution in [2.24, 2.45) is 11.1 Å². The Labute approximate surface area is 102 Å². The maximum atomic E-state index is 9.17. The maximum Gasteiger partial charge on any atom is 0.0500 e. The zero-order valence-corrected chi connectivity index (χ0v) is 10.5. The summed E-state index contributed by atoms with van der Waals surface area (Å²) in [6, 6.07) is 7.23. The van der Waals surface area contributed by atoms with Crippen molar-refractivity contribution in [2.75, 3.05) is 6.61 Å². The number of aliphatic hydroxyl groups excluding tert-OH is 1. The fourth-order valence-corrected chi connectivity index (χ4v) is 1.35. The van der Waals surface area contributed by atoms with Gasteiger partial charge in [-0.15, -0.1) is 12.4 Å². The van der Waals surface area contributed by atoms with Gasteiger partial charge in [0.1, 0.15) is 0 Å². The molecule has 3 N–H and O–H groups in total. The minimum absolute atomic E-state index is 0. The standard InChI is InChI=1S/C11H16ClNO.ClH/c1-11(2,7-14)10(13)8-3-5-9(12)6-4-8;/h3-6,10,14H,7,13H2,1-2H3;1H/t10-;/m0./s1. The minimum Gasteiger partial charge on any atom is -0.396 e. The first-order valence-electron chi connectivity index (χ1n) is 4.59. The molecule has 0 aliphatic rings. The summed E-state index contributed by atoms with van der Waals surface area (Å²) in [4.78, 5) is 0. The lowest BCUT2D eigenvalue weighted by atomic mass is 9.82. The third kappa shape index (κ3) is 3.65. The van der Waals surface area contributed by atoms with E-state index in [1.807, 2.05) is 38.1 Å². The Morgan fingerprint density at radius 2 is 1.80 bits per heavy atom. The third-order valence-electron chi connectivity index (χ3n) is 2.48. The second-order valence-corrected chi connectivity index (χ2v) is 4.61. The summed E-state index contributed by atoms with van der Waals surface area (Å²) in [5, 5.41) is 9.87. The molecular formula is C11H17Cl2NO. The van der Waals surface area contributed by atoms with Gasteiger partial charge in [-0.1, -0.05) is 37.6 Å². The van der Waals surface area contributed by atoms with E-state index in [1.54, 1.807) is 0 Å². The molecule has 0 aliphatic carbocycles. The van der Waals surface area contributed by atoms with Crippen molar-refractivity contribution in [2.45, 2.75) is 19.9 Å². The SMILES string of the molecule is CC(C)(CO)[C@@H](N)c1ccc(Cl)cc1.Cl. The maximum absolute atomic E-state index is 9.17. The molecule has 0 bridgehead atoms. The van der Waals surface area contributed by atoms with Crippen LogP contribution in [0.3, 0.4) is 0 Å². The van der Waals surface area contributed by atoms with Crippen LogP contribution < -0.4 is 5.73 Å². The van der Waals surface area contributed by atoms with Crippen molar-refractivity contribution >= 4 is 24.0 Å². The lowest BCUT2D eigenvalue weighted by Crippen LogP contribution is -2.32. The van der Waals surface area contributed by atoms with Gasteiger partial charge in [-0.05, 0) is 17.7 Å². The van der Waals surface area contributed by atoms with E-state index in [1.165, 1.54) is 0 Å². The molecule has 86 valence electrons. The molecule has 1 rings (SSSR count). The molecule has 0 spiro atoms. The minimum atomic E-state index is -0.312. The van der Waals surface area contributed by atoms with E-state index in [-0.39, 0.29) is 30.5 Å². The third-order valence-corrected chi connectivity index (χ3v) is 2.73.